The van der Waals surface area contributed by atoms with Crippen molar-refractivity contribution < 1.29 is 8.42 Å². The third kappa shape index (κ3) is 2.97. The van der Waals surface area contributed by atoms with Gasteiger partial charge in [-0.1, -0.05) is 29.3 Å². The van der Waals surface area contributed by atoms with Crippen LogP contribution in [0.3, 0.4) is 0 Å². The van der Waals surface area contributed by atoms with Crippen LogP contribution in [0, 0.1) is 0 Å². The number of hydrogen-bond donors (Lipinski definition) is 0. The molecule has 76 valence electrons. The van der Waals surface area contributed by atoms with Crippen molar-refractivity contribution in [1.29, 1.82) is 0 Å². The van der Waals surface area contributed by atoms with Gasteiger partial charge < -0.3 is 0 Å². The maximum atomic E-state index is 11.5. The van der Waals surface area contributed by atoms with Crippen LogP contribution in [0.15, 0.2) is 33.6 Å². The zero-order valence-corrected chi connectivity index (χ0v) is 9.57. The Kier molecular flexibility index (Phi) is 3.53. The number of nitrogens with zero attached hydrogens (tertiary/aromatic N) is 1. The second-order valence-corrected chi connectivity index (χ2v) is 5.11. The molecule has 0 spiro atoms. The summed E-state index contributed by atoms with van der Waals surface area (Å²) < 4.78 is 26.2. The Morgan fingerprint density at radius 3 is 2.57 bits per heavy atom. The van der Waals surface area contributed by atoms with E-state index in [1.165, 1.54) is 25.1 Å². The third-order valence-electron chi connectivity index (χ3n) is 1.34. The zero-order chi connectivity index (χ0) is 10.8. The van der Waals surface area contributed by atoms with Crippen molar-refractivity contribution in [2.24, 2.45) is 4.40 Å². The van der Waals surface area contributed by atoms with Crippen LogP contribution in [0.2, 0.25) is 5.02 Å². The van der Waals surface area contributed by atoms with Gasteiger partial charge in [-0.05, 0) is 25.1 Å². The number of sulfonamides is 1. The molecule has 1 rings (SSSR count). The van der Waals surface area contributed by atoms with Gasteiger partial charge in [-0.3, -0.25) is 0 Å². The number of halogens is 2. The molecule has 0 atom stereocenters. The van der Waals surface area contributed by atoms with Crippen LogP contribution < -0.4 is 0 Å². The Labute approximate surface area is 92.4 Å². The molecule has 0 N–H and O–H groups in total. The molecule has 3 nitrogen and oxygen atoms in total. The van der Waals surface area contributed by atoms with Crippen LogP contribution >= 0.6 is 23.2 Å². The molecular formula is C8H7Cl2NO2S. The monoisotopic (exact) mass is 251 g/mol. The average molecular weight is 252 g/mol. The van der Waals surface area contributed by atoms with Gasteiger partial charge in [0, 0.05) is 5.02 Å². The smallest absolute Gasteiger partial charge is 0.199 e. The van der Waals surface area contributed by atoms with Gasteiger partial charge in [-0.15, -0.1) is 0 Å². The normalized spacial score (nSPS) is 12.9. The molecule has 14 heavy (non-hydrogen) atoms. The molecule has 6 heteroatoms. The molecule has 0 aliphatic heterocycles. The van der Waals surface area contributed by atoms with E-state index < -0.39 is 10.0 Å². The highest BCUT2D eigenvalue weighted by Crippen LogP contribution is 2.17. The van der Waals surface area contributed by atoms with E-state index in [9.17, 15) is 8.42 Å². The molecule has 0 heterocycles. The van der Waals surface area contributed by atoms with E-state index in [2.05, 4.69) is 4.40 Å². The van der Waals surface area contributed by atoms with Crippen LogP contribution in [-0.4, -0.2) is 13.6 Å². The molecule has 0 saturated heterocycles. The van der Waals surface area contributed by atoms with E-state index in [4.69, 9.17) is 23.2 Å². The minimum atomic E-state index is -3.71. The fourth-order valence-corrected chi connectivity index (χ4v) is 2.34. The largest absolute Gasteiger partial charge is 0.283 e. The SMILES string of the molecule is CC(Cl)=NS(=O)(=O)c1cccc(Cl)c1. The van der Waals surface area contributed by atoms with Gasteiger partial charge in [-0.25, -0.2) is 0 Å². The van der Waals surface area contributed by atoms with Crippen LogP contribution in [-0.2, 0) is 10.0 Å². The molecule has 0 radical (unpaired) electrons. The topological polar surface area (TPSA) is 46.5 Å². The summed E-state index contributed by atoms with van der Waals surface area (Å²) in [5.74, 6) is 0. The number of benzene rings is 1. The van der Waals surface area contributed by atoms with Gasteiger partial charge in [0.2, 0.25) is 0 Å². The van der Waals surface area contributed by atoms with E-state index in [0.29, 0.717) is 5.02 Å². The highest BCUT2D eigenvalue weighted by molar-refractivity contribution is 7.90. The van der Waals surface area contributed by atoms with Gasteiger partial charge >= 0.3 is 0 Å². The Bertz CT molecular complexity index is 464. The molecule has 1 aromatic carbocycles. The fraction of sp³-hybridized carbons (Fsp3) is 0.125. The first-order valence-corrected chi connectivity index (χ1v) is 5.84. The average Bonchev–Trinajstić information content (AvgIpc) is 2.01. The maximum absolute atomic E-state index is 11.5. The fourth-order valence-electron chi connectivity index (χ4n) is 0.846. The van der Waals surface area contributed by atoms with Crippen molar-refractivity contribution in [3.8, 4) is 0 Å². The van der Waals surface area contributed by atoms with E-state index >= 15 is 0 Å². The quantitative estimate of drug-likeness (QED) is 0.759. The van der Waals surface area contributed by atoms with E-state index in [1.807, 2.05) is 0 Å². The standard InChI is InChI=1S/C8H7Cl2NO2S/c1-6(9)11-14(12,13)8-4-2-3-7(10)5-8/h2-5H,1H3. The summed E-state index contributed by atoms with van der Waals surface area (Å²) in [6.45, 7) is 1.39. The molecule has 0 fully saturated rings. The van der Waals surface area contributed by atoms with Crippen molar-refractivity contribution in [1.82, 2.24) is 0 Å². The molecule has 0 aromatic heterocycles. The summed E-state index contributed by atoms with van der Waals surface area (Å²) in [5, 5.41) is 0.304. The molecule has 0 aliphatic carbocycles. The second-order valence-electron chi connectivity index (χ2n) is 2.52. The van der Waals surface area contributed by atoms with Crippen LogP contribution in [0.5, 0.6) is 0 Å². The van der Waals surface area contributed by atoms with Crippen molar-refractivity contribution in [3.05, 3.63) is 29.3 Å². The first-order chi connectivity index (χ1) is 6.42. The Morgan fingerprint density at radius 1 is 1.43 bits per heavy atom. The first-order valence-electron chi connectivity index (χ1n) is 3.64. The highest BCUT2D eigenvalue weighted by atomic mass is 35.5. The predicted octanol–water partition coefficient (Wildman–Crippen LogP) is 2.69. The summed E-state index contributed by atoms with van der Waals surface area (Å²) in [4.78, 5) is 0.0324. The minimum Gasteiger partial charge on any atom is -0.199 e. The molecule has 0 aliphatic rings. The van der Waals surface area contributed by atoms with Crippen LogP contribution in [0.4, 0.5) is 0 Å². The summed E-state index contributed by atoms with van der Waals surface area (Å²) in [6.07, 6.45) is 0. The van der Waals surface area contributed by atoms with Gasteiger partial charge in [-0.2, -0.15) is 12.8 Å². The minimum absolute atomic E-state index is 0.0324. The summed E-state index contributed by atoms with van der Waals surface area (Å²) in [6, 6.07) is 5.84. The summed E-state index contributed by atoms with van der Waals surface area (Å²) >= 11 is 11.0. The Balaban J connectivity index is 3.24. The summed E-state index contributed by atoms with van der Waals surface area (Å²) in [7, 11) is -3.71. The Hall–Kier alpha value is -0.580. The highest BCUT2D eigenvalue weighted by Gasteiger charge is 2.12. The lowest BCUT2D eigenvalue weighted by Gasteiger charge is -1.98. The third-order valence-corrected chi connectivity index (χ3v) is 3.12. The molecular weight excluding hydrogens is 245 g/mol. The van der Waals surface area contributed by atoms with Gasteiger partial charge in [0.15, 0.2) is 0 Å². The molecule has 0 unspecified atom stereocenters. The molecule has 1 aromatic rings. The van der Waals surface area contributed by atoms with Crippen molar-refractivity contribution >= 4 is 38.4 Å². The molecule has 0 bridgehead atoms. The van der Waals surface area contributed by atoms with Crippen LogP contribution in [0.25, 0.3) is 0 Å². The lowest BCUT2D eigenvalue weighted by atomic mass is 10.4. The van der Waals surface area contributed by atoms with E-state index in [-0.39, 0.29) is 10.1 Å². The van der Waals surface area contributed by atoms with E-state index in [1.54, 1.807) is 6.07 Å². The molecule has 0 saturated carbocycles. The van der Waals surface area contributed by atoms with Crippen LogP contribution in [0.1, 0.15) is 6.92 Å². The number of rotatable bonds is 2. The van der Waals surface area contributed by atoms with Gasteiger partial charge in [0.25, 0.3) is 10.0 Å². The maximum Gasteiger partial charge on any atom is 0.283 e. The van der Waals surface area contributed by atoms with Gasteiger partial charge in [0.05, 0.1) is 4.90 Å². The van der Waals surface area contributed by atoms with E-state index in [0.717, 1.165) is 0 Å². The second kappa shape index (κ2) is 4.29. The summed E-state index contributed by atoms with van der Waals surface area (Å²) in [5.41, 5.74) is 0. The zero-order valence-electron chi connectivity index (χ0n) is 7.24. The van der Waals surface area contributed by atoms with Crippen molar-refractivity contribution in [2.45, 2.75) is 11.8 Å². The van der Waals surface area contributed by atoms with Gasteiger partial charge in [0.1, 0.15) is 5.17 Å². The lowest BCUT2D eigenvalue weighted by Crippen LogP contribution is -1.98. The lowest BCUT2D eigenvalue weighted by molar-refractivity contribution is 0.598. The predicted molar refractivity (Wildman–Crippen MR) is 57.6 cm³/mol. The number of hydrogen-bond acceptors (Lipinski definition) is 2. The Morgan fingerprint density at radius 2 is 2.07 bits per heavy atom. The molecule has 0 amide bonds. The first kappa shape index (κ1) is 11.5. The van der Waals surface area contributed by atoms with Crippen molar-refractivity contribution in [2.75, 3.05) is 0 Å². The van der Waals surface area contributed by atoms with Crippen molar-refractivity contribution in [3.63, 3.8) is 0 Å².